The zero-order chi connectivity index (χ0) is 10.6. The second kappa shape index (κ2) is 4.86. The fourth-order valence-electron chi connectivity index (χ4n) is 1.08. The van der Waals surface area contributed by atoms with E-state index in [1.54, 1.807) is 30.8 Å². The predicted octanol–water partition coefficient (Wildman–Crippen LogP) is 2.97. The van der Waals surface area contributed by atoms with Crippen LogP contribution in [-0.4, -0.2) is 16.8 Å². The first-order valence-corrected chi connectivity index (χ1v) is 5.21. The normalized spacial score (nSPS) is 9.79. The van der Waals surface area contributed by atoms with Gasteiger partial charge in [-0.2, -0.15) is 0 Å². The molecule has 0 radical (unpaired) electrons. The summed E-state index contributed by atoms with van der Waals surface area (Å²) < 4.78 is 0. The molecule has 3 heteroatoms. The molecule has 0 bridgehead atoms. The van der Waals surface area contributed by atoms with Crippen LogP contribution >= 0.6 is 11.8 Å². The van der Waals surface area contributed by atoms with Crippen molar-refractivity contribution in [3.63, 3.8) is 0 Å². The number of hydrogen-bond acceptors (Lipinski definition) is 2. The number of carboxylic acids is 1. The van der Waals surface area contributed by atoms with E-state index >= 15 is 0 Å². The van der Waals surface area contributed by atoms with Gasteiger partial charge in [0.1, 0.15) is 0 Å². The highest BCUT2D eigenvalue weighted by Crippen LogP contribution is 2.21. The molecule has 0 spiro atoms. The van der Waals surface area contributed by atoms with E-state index in [0.717, 1.165) is 16.2 Å². The molecule has 0 saturated carbocycles. The molecule has 0 fully saturated rings. The summed E-state index contributed by atoms with van der Waals surface area (Å²) in [6, 6.07) is 5.46. The van der Waals surface area contributed by atoms with Crippen LogP contribution in [0.2, 0.25) is 0 Å². The van der Waals surface area contributed by atoms with Crippen LogP contribution in [-0.2, 0) is 0 Å². The van der Waals surface area contributed by atoms with Gasteiger partial charge in [0, 0.05) is 10.6 Å². The Morgan fingerprint density at radius 1 is 1.64 bits per heavy atom. The maximum absolute atomic E-state index is 10.8. The van der Waals surface area contributed by atoms with Crippen LogP contribution in [0.4, 0.5) is 0 Å². The van der Waals surface area contributed by atoms with Crippen LogP contribution < -0.4 is 0 Å². The lowest BCUT2D eigenvalue weighted by molar-refractivity contribution is 0.0696. The van der Waals surface area contributed by atoms with Crippen LogP contribution in [0.5, 0.6) is 0 Å². The van der Waals surface area contributed by atoms with Crippen molar-refractivity contribution in [3.05, 3.63) is 42.0 Å². The van der Waals surface area contributed by atoms with E-state index in [1.807, 2.05) is 12.1 Å². The van der Waals surface area contributed by atoms with E-state index in [2.05, 4.69) is 6.58 Å². The van der Waals surface area contributed by atoms with Gasteiger partial charge in [-0.15, -0.1) is 18.3 Å². The monoisotopic (exact) mass is 208 g/mol. The van der Waals surface area contributed by atoms with Crippen molar-refractivity contribution in [3.8, 4) is 0 Å². The zero-order valence-electron chi connectivity index (χ0n) is 7.99. The molecule has 0 aliphatic rings. The molecule has 0 aromatic heterocycles. The van der Waals surface area contributed by atoms with Crippen LogP contribution in [0.1, 0.15) is 15.9 Å². The van der Waals surface area contributed by atoms with Gasteiger partial charge in [0.05, 0.1) is 5.56 Å². The van der Waals surface area contributed by atoms with Gasteiger partial charge in [0.25, 0.3) is 0 Å². The van der Waals surface area contributed by atoms with Gasteiger partial charge in [-0.3, -0.25) is 0 Å². The summed E-state index contributed by atoms with van der Waals surface area (Å²) in [5.41, 5.74) is 1.17. The van der Waals surface area contributed by atoms with Gasteiger partial charge in [-0.25, -0.2) is 4.79 Å². The Morgan fingerprint density at radius 2 is 2.36 bits per heavy atom. The van der Waals surface area contributed by atoms with Gasteiger partial charge >= 0.3 is 5.97 Å². The van der Waals surface area contributed by atoms with Crippen LogP contribution in [0.3, 0.4) is 0 Å². The molecule has 0 saturated heterocycles. The molecule has 74 valence electrons. The number of aryl methyl sites for hydroxylation is 1. The highest BCUT2D eigenvalue weighted by atomic mass is 32.2. The summed E-state index contributed by atoms with van der Waals surface area (Å²) in [6.45, 7) is 5.41. The van der Waals surface area contributed by atoms with E-state index in [4.69, 9.17) is 5.11 Å². The molecule has 0 aliphatic heterocycles. The lowest BCUT2D eigenvalue weighted by Crippen LogP contribution is -1.99. The first-order chi connectivity index (χ1) is 6.65. The molecule has 0 heterocycles. The van der Waals surface area contributed by atoms with Crippen molar-refractivity contribution >= 4 is 17.7 Å². The number of carbonyl (C=O) groups is 1. The topological polar surface area (TPSA) is 37.3 Å². The molecule has 14 heavy (non-hydrogen) atoms. The smallest absolute Gasteiger partial charge is 0.335 e. The number of thioether (sulfide) groups is 1. The Balaban J connectivity index is 2.94. The van der Waals surface area contributed by atoms with Gasteiger partial charge in [0.2, 0.25) is 0 Å². The predicted molar refractivity (Wildman–Crippen MR) is 59.1 cm³/mol. The number of carboxylic acid groups (broad SMARTS) is 1. The maximum Gasteiger partial charge on any atom is 0.335 e. The van der Waals surface area contributed by atoms with Crippen molar-refractivity contribution in [1.82, 2.24) is 0 Å². The molecule has 1 aromatic rings. The van der Waals surface area contributed by atoms with Crippen LogP contribution in [0.25, 0.3) is 0 Å². The maximum atomic E-state index is 10.8. The third-order valence-electron chi connectivity index (χ3n) is 1.81. The van der Waals surface area contributed by atoms with E-state index in [1.165, 1.54) is 0 Å². The molecule has 1 aromatic carbocycles. The summed E-state index contributed by atoms with van der Waals surface area (Å²) in [4.78, 5) is 11.8. The fourth-order valence-corrected chi connectivity index (χ4v) is 1.75. The molecule has 0 unspecified atom stereocenters. The summed E-state index contributed by atoms with van der Waals surface area (Å²) >= 11 is 1.58. The average Bonchev–Trinajstić information content (AvgIpc) is 2.16. The highest BCUT2D eigenvalue weighted by Gasteiger charge is 2.07. The number of benzene rings is 1. The number of hydrogen-bond donors (Lipinski definition) is 1. The van der Waals surface area contributed by atoms with Crippen molar-refractivity contribution in [2.75, 3.05) is 5.75 Å². The lowest BCUT2D eigenvalue weighted by atomic mass is 10.1. The number of aromatic carboxylic acids is 1. The fraction of sp³-hybridized carbons (Fsp3) is 0.182. The van der Waals surface area contributed by atoms with Crippen molar-refractivity contribution in [2.24, 2.45) is 0 Å². The molecule has 0 atom stereocenters. The minimum atomic E-state index is -0.872. The minimum absolute atomic E-state index is 0.374. The molecule has 0 aliphatic carbocycles. The molecular weight excluding hydrogens is 196 g/mol. The largest absolute Gasteiger partial charge is 0.478 e. The first-order valence-electron chi connectivity index (χ1n) is 4.23. The van der Waals surface area contributed by atoms with Gasteiger partial charge in [-0.1, -0.05) is 12.1 Å². The Hall–Kier alpha value is -1.22. The quantitative estimate of drug-likeness (QED) is 0.610. The Morgan fingerprint density at radius 3 is 2.93 bits per heavy atom. The van der Waals surface area contributed by atoms with E-state index in [0.29, 0.717) is 5.56 Å². The third-order valence-corrected chi connectivity index (χ3v) is 2.80. The van der Waals surface area contributed by atoms with Crippen LogP contribution in [0, 0.1) is 6.92 Å². The molecule has 2 nitrogen and oxygen atoms in total. The summed E-state index contributed by atoms with van der Waals surface area (Å²) in [5.74, 6) is -0.0779. The third kappa shape index (κ3) is 2.64. The standard InChI is InChI=1S/C11H12O2S/c1-3-6-14-9-5-4-8(2)10(7-9)11(12)13/h3-5,7H,1,6H2,2H3,(H,12,13). The second-order valence-electron chi connectivity index (χ2n) is 2.88. The van der Waals surface area contributed by atoms with E-state index < -0.39 is 5.97 Å². The zero-order valence-corrected chi connectivity index (χ0v) is 8.80. The Bertz CT molecular complexity index is 358. The SMILES string of the molecule is C=CCSc1ccc(C)c(C(=O)O)c1. The van der Waals surface area contributed by atoms with Crippen molar-refractivity contribution in [2.45, 2.75) is 11.8 Å². The van der Waals surface area contributed by atoms with Gasteiger partial charge < -0.3 is 5.11 Å². The minimum Gasteiger partial charge on any atom is -0.478 e. The second-order valence-corrected chi connectivity index (χ2v) is 3.97. The highest BCUT2D eigenvalue weighted by molar-refractivity contribution is 7.99. The molecule has 1 N–H and O–H groups in total. The average molecular weight is 208 g/mol. The summed E-state index contributed by atoms with van der Waals surface area (Å²) in [5, 5.41) is 8.89. The Kier molecular flexibility index (Phi) is 3.77. The Labute approximate surface area is 87.6 Å². The summed E-state index contributed by atoms with van der Waals surface area (Å²) in [6.07, 6.45) is 1.80. The summed E-state index contributed by atoms with van der Waals surface area (Å²) in [7, 11) is 0. The van der Waals surface area contributed by atoms with Crippen molar-refractivity contribution in [1.29, 1.82) is 0 Å². The molecule has 0 amide bonds. The van der Waals surface area contributed by atoms with E-state index in [-0.39, 0.29) is 0 Å². The number of rotatable bonds is 4. The van der Waals surface area contributed by atoms with Crippen LogP contribution in [0.15, 0.2) is 35.7 Å². The molecule has 1 rings (SSSR count). The van der Waals surface area contributed by atoms with Crippen molar-refractivity contribution < 1.29 is 9.90 Å². The van der Waals surface area contributed by atoms with Gasteiger partial charge in [0.15, 0.2) is 0 Å². The van der Waals surface area contributed by atoms with Gasteiger partial charge in [-0.05, 0) is 24.6 Å². The lowest BCUT2D eigenvalue weighted by Gasteiger charge is -2.03. The molecular formula is C11H12O2S. The van der Waals surface area contributed by atoms with E-state index in [9.17, 15) is 4.79 Å². The first kappa shape index (κ1) is 10.9.